The first-order chi connectivity index (χ1) is 14.4. The normalized spacial score (nSPS) is 33.3. The zero-order valence-electron chi connectivity index (χ0n) is 18.4. The smallest absolute Gasteiger partial charge is 0.260 e. The van der Waals surface area contributed by atoms with Gasteiger partial charge in [0.1, 0.15) is 0 Å². The van der Waals surface area contributed by atoms with Crippen LogP contribution < -0.4 is 5.32 Å². The highest BCUT2D eigenvalue weighted by atomic mass is 32.2. The Hall–Kier alpha value is -1.75. The second-order valence-corrected chi connectivity index (χ2v) is 10.8. The Morgan fingerprint density at radius 2 is 1.87 bits per heavy atom. The summed E-state index contributed by atoms with van der Waals surface area (Å²) in [5.74, 6) is 1.12. The monoisotopic (exact) mass is 426 g/mol. The summed E-state index contributed by atoms with van der Waals surface area (Å²) in [7, 11) is 1.91. The van der Waals surface area contributed by atoms with Crippen LogP contribution in [0.15, 0.2) is 29.2 Å². The van der Waals surface area contributed by atoms with Gasteiger partial charge in [-0.05, 0) is 75.0 Å². The molecule has 2 aliphatic carbocycles. The van der Waals surface area contributed by atoms with E-state index in [9.17, 15) is 9.59 Å². The van der Waals surface area contributed by atoms with Crippen molar-refractivity contribution >= 4 is 29.7 Å². The number of likely N-dealkylation sites (N-methyl/N-ethyl adjacent to an activating group) is 1. The molecule has 162 valence electrons. The first-order valence-corrected chi connectivity index (χ1v) is 12.3. The minimum Gasteiger partial charge on any atom is -0.353 e. The number of nitrogens with zero attached hydrogens (tertiary/aromatic N) is 1. The van der Waals surface area contributed by atoms with Gasteiger partial charge in [0.05, 0.1) is 4.91 Å². The molecule has 2 amide bonds. The summed E-state index contributed by atoms with van der Waals surface area (Å²) < 4.78 is 0. The van der Waals surface area contributed by atoms with Crippen molar-refractivity contribution in [2.24, 2.45) is 11.8 Å². The van der Waals surface area contributed by atoms with Gasteiger partial charge in [-0.15, -0.1) is 11.8 Å². The minimum absolute atomic E-state index is 0.0309. The molecule has 1 aliphatic heterocycles. The Morgan fingerprint density at radius 1 is 1.13 bits per heavy atom. The fraction of sp³-hybridized carbons (Fsp3) is 0.600. The van der Waals surface area contributed by atoms with Crippen molar-refractivity contribution < 1.29 is 9.59 Å². The second-order valence-electron chi connectivity index (χ2n) is 9.48. The predicted octanol–water partition coefficient (Wildman–Crippen LogP) is 4.77. The third-order valence-electron chi connectivity index (χ3n) is 7.27. The van der Waals surface area contributed by atoms with Gasteiger partial charge >= 0.3 is 0 Å². The summed E-state index contributed by atoms with van der Waals surface area (Å²) in [4.78, 5) is 28.7. The van der Waals surface area contributed by atoms with Gasteiger partial charge in [0.2, 0.25) is 5.91 Å². The lowest BCUT2D eigenvalue weighted by molar-refractivity contribution is -0.132. The SMILES string of the molecule is Cc1ccccc1/C=C1\SC2CCC(C(=O)NC3CCC(C)CC3)CC2N(C)C1=O. The molecule has 1 aromatic rings. The molecule has 3 fully saturated rings. The molecule has 0 bridgehead atoms. The van der Waals surface area contributed by atoms with Crippen LogP contribution in [0.3, 0.4) is 0 Å². The second kappa shape index (κ2) is 9.17. The Bertz CT molecular complexity index is 828. The number of benzene rings is 1. The third-order valence-corrected chi connectivity index (χ3v) is 8.67. The van der Waals surface area contributed by atoms with Crippen molar-refractivity contribution in [1.29, 1.82) is 0 Å². The van der Waals surface area contributed by atoms with Crippen LogP contribution in [-0.2, 0) is 9.59 Å². The van der Waals surface area contributed by atoms with Crippen molar-refractivity contribution in [3.05, 3.63) is 40.3 Å². The lowest BCUT2D eigenvalue weighted by Gasteiger charge is -2.44. The van der Waals surface area contributed by atoms with Gasteiger partial charge in [-0.25, -0.2) is 0 Å². The molecule has 3 atom stereocenters. The summed E-state index contributed by atoms with van der Waals surface area (Å²) in [6.07, 6.45) is 9.36. The van der Waals surface area contributed by atoms with Gasteiger partial charge < -0.3 is 10.2 Å². The van der Waals surface area contributed by atoms with Crippen LogP contribution in [0, 0.1) is 18.8 Å². The van der Waals surface area contributed by atoms with E-state index in [2.05, 4.69) is 31.3 Å². The maximum Gasteiger partial charge on any atom is 0.260 e. The first-order valence-electron chi connectivity index (χ1n) is 11.4. The zero-order chi connectivity index (χ0) is 21.3. The Kier molecular flexibility index (Phi) is 6.57. The van der Waals surface area contributed by atoms with Gasteiger partial charge in [-0.2, -0.15) is 0 Å². The van der Waals surface area contributed by atoms with E-state index in [0.29, 0.717) is 11.3 Å². The van der Waals surface area contributed by atoms with Crippen molar-refractivity contribution in [1.82, 2.24) is 10.2 Å². The summed E-state index contributed by atoms with van der Waals surface area (Å²) >= 11 is 1.72. The van der Waals surface area contributed by atoms with Gasteiger partial charge in [-0.3, -0.25) is 9.59 Å². The summed E-state index contributed by atoms with van der Waals surface area (Å²) in [6.45, 7) is 4.38. The molecule has 4 nitrogen and oxygen atoms in total. The summed E-state index contributed by atoms with van der Waals surface area (Å²) in [6, 6.07) is 8.67. The average molecular weight is 427 g/mol. The number of rotatable bonds is 3. The van der Waals surface area contributed by atoms with Gasteiger partial charge in [0.15, 0.2) is 0 Å². The van der Waals surface area contributed by atoms with Crippen LogP contribution in [0.1, 0.15) is 63.0 Å². The fourth-order valence-electron chi connectivity index (χ4n) is 5.15. The van der Waals surface area contributed by atoms with Crippen molar-refractivity contribution in [3.63, 3.8) is 0 Å². The molecule has 0 spiro atoms. The molecule has 1 saturated heterocycles. The van der Waals surface area contributed by atoms with E-state index >= 15 is 0 Å². The van der Waals surface area contributed by atoms with E-state index in [1.165, 1.54) is 18.4 Å². The number of nitrogens with one attached hydrogen (secondary N) is 1. The maximum absolute atomic E-state index is 13.1. The Labute approximate surface area is 184 Å². The lowest BCUT2D eigenvalue weighted by Crippen LogP contribution is -2.53. The van der Waals surface area contributed by atoms with Crippen LogP contribution in [0.2, 0.25) is 0 Å². The number of aryl methyl sites for hydroxylation is 1. The van der Waals surface area contributed by atoms with Crippen molar-refractivity contribution in [2.75, 3.05) is 7.05 Å². The van der Waals surface area contributed by atoms with E-state index in [4.69, 9.17) is 0 Å². The number of amides is 2. The number of thioether (sulfide) groups is 1. The fourth-order valence-corrected chi connectivity index (χ4v) is 6.62. The van der Waals surface area contributed by atoms with Crippen molar-refractivity contribution in [2.45, 2.75) is 76.1 Å². The van der Waals surface area contributed by atoms with Crippen LogP contribution in [0.5, 0.6) is 0 Å². The van der Waals surface area contributed by atoms with E-state index in [-0.39, 0.29) is 23.8 Å². The van der Waals surface area contributed by atoms with Gasteiger partial charge in [0.25, 0.3) is 5.91 Å². The standard InChI is InChI=1S/C25H34N2O2S/c1-16-8-11-20(12-9-16)26-24(28)19-10-13-22-21(14-19)27(3)25(29)23(30-22)15-18-7-5-4-6-17(18)2/h4-7,15-16,19-22H,8-14H2,1-3H3,(H,26,28)/b23-15-. The topological polar surface area (TPSA) is 49.4 Å². The quantitative estimate of drug-likeness (QED) is 0.708. The summed E-state index contributed by atoms with van der Waals surface area (Å²) in [5.41, 5.74) is 2.29. The molecular weight excluding hydrogens is 392 g/mol. The molecule has 5 heteroatoms. The van der Waals surface area contributed by atoms with E-state index in [1.54, 1.807) is 11.8 Å². The van der Waals surface area contributed by atoms with Crippen molar-refractivity contribution in [3.8, 4) is 0 Å². The number of hydrogen-bond donors (Lipinski definition) is 1. The average Bonchev–Trinajstić information content (AvgIpc) is 2.74. The molecule has 1 N–H and O–H groups in total. The molecule has 3 aliphatic rings. The molecule has 0 radical (unpaired) electrons. The molecule has 0 aromatic heterocycles. The third kappa shape index (κ3) is 4.61. The predicted molar refractivity (Wildman–Crippen MR) is 124 cm³/mol. The van der Waals surface area contributed by atoms with Gasteiger partial charge in [-0.1, -0.05) is 31.2 Å². The highest BCUT2D eigenvalue weighted by molar-refractivity contribution is 8.04. The zero-order valence-corrected chi connectivity index (χ0v) is 19.2. The molecule has 3 unspecified atom stereocenters. The lowest BCUT2D eigenvalue weighted by atomic mass is 9.82. The van der Waals surface area contributed by atoms with Crippen LogP contribution in [0.4, 0.5) is 0 Å². The largest absolute Gasteiger partial charge is 0.353 e. The molecule has 4 rings (SSSR count). The molecular formula is C25H34N2O2S. The van der Waals surface area contributed by atoms with E-state index in [0.717, 1.165) is 48.5 Å². The highest BCUT2D eigenvalue weighted by Gasteiger charge is 2.43. The number of carbonyl (C=O) groups excluding carboxylic acids is 2. The van der Waals surface area contributed by atoms with E-state index < -0.39 is 0 Å². The van der Waals surface area contributed by atoms with Crippen LogP contribution >= 0.6 is 11.8 Å². The molecule has 30 heavy (non-hydrogen) atoms. The summed E-state index contributed by atoms with van der Waals surface area (Å²) in [5, 5.41) is 3.70. The maximum atomic E-state index is 13.1. The van der Waals surface area contributed by atoms with Gasteiger partial charge in [0, 0.05) is 30.3 Å². The highest BCUT2D eigenvalue weighted by Crippen LogP contribution is 2.43. The number of hydrogen-bond acceptors (Lipinski definition) is 3. The molecule has 1 aromatic carbocycles. The Balaban J connectivity index is 1.40. The molecule has 1 heterocycles. The number of fused-ring (bicyclic) bond motifs is 1. The Morgan fingerprint density at radius 3 is 2.60 bits per heavy atom. The van der Waals surface area contributed by atoms with Crippen LogP contribution in [0.25, 0.3) is 6.08 Å². The van der Waals surface area contributed by atoms with Crippen LogP contribution in [-0.4, -0.2) is 41.1 Å². The number of carbonyl (C=O) groups is 2. The minimum atomic E-state index is 0.0309. The molecule has 2 saturated carbocycles. The van der Waals surface area contributed by atoms with E-state index in [1.807, 2.05) is 30.2 Å². The first kappa shape index (κ1) is 21.5.